The van der Waals surface area contributed by atoms with Crippen LogP contribution in [0.4, 0.5) is 0 Å². The zero-order valence-corrected chi connectivity index (χ0v) is 8.91. The Morgan fingerprint density at radius 2 is 2.20 bits per heavy atom. The van der Waals surface area contributed by atoms with Crippen molar-refractivity contribution in [2.75, 3.05) is 13.1 Å². The lowest BCUT2D eigenvalue weighted by Gasteiger charge is -2.25. The molecule has 0 radical (unpaired) electrons. The fraction of sp³-hybridized carbons (Fsp3) is 0.818. The van der Waals surface area contributed by atoms with Crippen LogP contribution in [0.3, 0.4) is 0 Å². The lowest BCUT2D eigenvalue weighted by atomic mass is 10.1. The smallest absolute Gasteiger partial charge is 0.230 e. The van der Waals surface area contributed by atoms with Crippen LogP contribution in [-0.2, 0) is 4.79 Å². The van der Waals surface area contributed by atoms with E-state index in [4.69, 9.17) is 11.0 Å². The topological polar surface area (TPSA) is 70.1 Å². The Bertz CT molecular complexity index is 299. The molecule has 15 heavy (non-hydrogen) atoms. The molecule has 0 heterocycles. The molecule has 0 aromatic carbocycles. The minimum absolute atomic E-state index is 0.197. The van der Waals surface area contributed by atoms with Gasteiger partial charge in [-0.3, -0.25) is 4.79 Å². The van der Waals surface area contributed by atoms with E-state index in [-0.39, 0.29) is 11.3 Å². The largest absolute Gasteiger partial charge is 0.338 e. The third-order valence-electron chi connectivity index (χ3n) is 3.41. The number of rotatable bonds is 5. The van der Waals surface area contributed by atoms with Crippen LogP contribution in [0.2, 0.25) is 0 Å². The van der Waals surface area contributed by atoms with Crippen molar-refractivity contribution in [2.24, 2.45) is 11.1 Å². The molecular weight excluding hydrogens is 190 g/mol. The van der Waals surface area contributed by atoms with Crippen molar-refractivity contribution in [1.29, 1.82) is 5.26 Å². The van der Waals surface area contributed by atoms with Crippen LogP contribution in [0.1, 0.15) is 32.1 Å². The first-order chi connectivity index (χ1) is 7.23. The molecule has 0 aromatic rings. The number of nitrogens with zero attached hydrogens (tertiary/aromatic N) is 2. The van der Waals surface area contributed by atoms with E-state index in [0.717, 1.165) is 25.7 Å². The van der Waals surface area contributed by atoms with Gasteiger partial charge in [0.2, 0.25) is 5.91 Å². The molecule has 2 rings (SSSR count). The van der Waals surface area contributed by atoms with Crippen LogP contribution < -0.4 is 5.73 Å². The van der Waals surface area contributed by atoms with Crippen molar-refractivity contribution in [2.45, 2.75) is 38.1 Å². The number of amides is 1. The highest BCUT2D eigenvalue weighted by Crippen LogP contribution is 2.47. The highest BCUT2D eigenvalue weighted by atomic mass is 16.2. The first-order valence-corrected chi connectivity index (χ1v) is 5.61. The van der Waals surface area contributed by atoms with Gasteiger partial charge in [-0.2, -0.15) is 5.26 Å². The summed E-state index contributed by atoms with van der Waals surface area (Å²) in [5, 5.41) is 8.56. The maximum Gasteiger partial charge on any atom is 0.230 e. The average Bonchev–Trinajstić information content (AvgIpc) is 3.12. The minimum Gasteiger partial charge on any atom is -0.338 e. The lowest BCUT2D eigenvalue weighted by molar-refractivity contribution is -0.137. The Labute approximate surface area is 90.0 Å². The first-order valence-electron chi connectivity index (χ1n) is 5.61. The Morgan fingerprint density at radius 1 is 1.53 bits per heavy atom. The number of hydrogen-bond donors (Lipinski definition) is 1. The van der Waals surface area contributed by atoms with Gasteiger partial charge < -0.3 is 10.6 Å². The van der Waals surface area contributed by atoms with Crippen LogP contribution in [0.25, 0.3) is 0 Å². The summed E-state index contributed by atoms with van der Waals surface area (Å²) in [6.45, 7) is 1.04. The maximum atomic E-state index is 12.2. The van der Waals surface area contributed by atoms with Gasteiger partial charge in [-0.05, 0) is 25.7 Å². The summed E-state index contributed by atoms with van der Waals surface area (Å²) in [6.07, 6.45) is 4.48. The molecule has 2 aliphatic carbocycles. The van der Waals surface area contributed by atoms with Gasteiger partial charge in [-0.15, -0.1) is 0 Å². The molecule has 1 amide bonds. The highest BCUT2D eigenvalue weighted by Gasteiger charge is 2.52. The predicted octanol–water partition coefficient (Wildman–Crippen LogP) is 0.630. The summed E-state index contributed by atoms with van der Waals surface area (Å²) in [5.41, 5.74) is 5.39. The Kier molecular flexibility index (Phi) is 2.66. The zero-order chi connectivity index (χ0) is 10.9. The molecule has 4 nitrogen and oxygen atoms in total. The van der Waals surface area contributed by atoms with E-state index in [2.05, 4.69) is 6.07 Å². The average molecular weight is 207 g/mol. The van der Waals surface area contributed by atoms with Gasteiger partial charge in [0.05, 0.1) is 17.9 Å². The summed E-state index contributed by atoms with van der Waals surface area (Å²) < 4.78 is 0. The first kappa shape index (κ1) is 10.4. The number of carbonyl (C=O) groups excluding carboxylic acids is 1. The molecule has 2 fully saturated rings. The van der Waals surface area contributed by atoms with Gasteiger partial charge in [-0.25, -0.2) is 0 Å². The maximum absolute atomic E-state index is 12.2. The second kappa shape index (κ2) is 3.82. The zero-order valence-electron chi connectivity index (χ0n) is 8.91. The van der Waals surface area contributed by atoms with E-state index in [9.17, 15) is 4.79 Å². The van der Waals surface area contributed by atoms with Gasteiger partial charge in [0.1, 0.15) is 0 Å². The monoisotopic (exact) mass is 207 g/mol. The Morgan fingerprint density at radius 3 is 2.60 bits per heavy atom. The third-order valence-corrected chi connectivity index (χ3v) is 3.41. The van der Waals surface area contributed by atoms with E-state index in [0.29, 0.717) is 25.6 Å². The van der Waals surface area contributed by atoms with Crippen molar-refractivity contribution < 1.29 is 4.79 Å². The number of carbonyl (C=O) groups is 1. The van der Waals surface area contributed by atoms with Crippen molar-refractivity contribution in [1.82, 2.24) is 4.90 Å². The van der Waals surface area contributed by atoms with Gasteiger partial charge >= 0.3 is 0 Å². The quantitative estimate of drug-likeness (QED) is 0.718. The second-order valence-corrected chi connectivity index (χ2v) is 4.62. The van der Waals surface area contributed by atoms with E-state index >= 15 is 0 Å². The van der Waals surface area contributed by atoms with E-state index < -0.39 is 0 Å². The molecule has 0 atom stereocenters. The number of hydrogen-bond acceptors (Lipinski definition) is 3. The summed E-state index contributed by atoms with van der Waals surface area (Å²) in [5.74, 6) is 0.197. The molecular formula is C11H17N3O. The summed E-state index contributed by atoms with van der Waals surface area (Å²) in [7, 11) is 0. The van der Waals surface area contributed by atoms with Gasteiger partial charge in [0, 0.05) is 19.1 Å². The van der Waals surface area contributed by atoms with E-state index in [1.54, 1.807) is 0 Å². The normalized spacial score (nSPS) is 21.9. The number of nitriles is 1. The summed E-state index contributed by atoms with van der Waals surface area (Å²) in [4.78, 5) is 14.1. The molecule has 2 saturated carbocycles. The molecule has 0 spiro atoms. The Balaban J connectivity index is 1.98. The number of nitrogens with two attached hydrogens (primary N) is 1. The standard InChI is InChI=1S/C11H17N3O/c12-6-1-7-14(9-2-3-9)10(15)11(8-13)4-5-11/h9H,1-5,7-8,13H2. The summed E-state index contributed by atoms with van der Waals surface area (Å²) in [6, 6.07) is 2.50. The van der Waals surface area contributed by atoms with Crippen LogP contribution >= 0.6 is 0 Å². The molecule has 0 aromatic heterocycles. The van der Waals surface area contributed by atoms with Gasteiger partial charge in [0.25, 0.3) is 0 Å². The van der Waals surface area contributed by atoms with Crippen LogP contribution in [0, 0.1) is 16.7 Å². The fourth-order valence-corrected chi connectivity index (χ4v) is 1.97. The SMILES string of the molecule is N#CCCN(C(=O)C1(CN)CC1)C1CC1. The summed E-state index contributed by atoms with van der Waals surface area (Å²) >= 11 is 0. The van der Waals surface area contributed by atoms with Crippen molar-refractivity contribution >= 4 is 5.91 Å². The lowest BCUT2D eigenvalue weighted by Crippen LogP contribution is -2.42. The second-order valence-electron chi connectivity index (χ2n) is 4.62. The molecule has 4 heteroatoms. The highest BCUT2D eigenvalue weighted by molar-refractivity contribution is 5.86. The molecule has 0 aliphatic heterocycles. The van der Waals surface area contributed by atoms with Crippen LogP contribution in [-0.4, -0.2) is 29.9 Å². The van der Waals surface area contributed by atoms with Crippen LogP contribution in [0.5, 0.6) is 0 Å². The van der Waals surface area contributed by atoms with Crippen molar-refractivity contribution in [3.63, 3.8) is 0 Å². The molecule has 0 bridgehead atoms. The molecule has 82 valence electrons. The Hall–Kier alpha value is -1.08. The predicted molar refractivity (Wildman–Crippen MR) is 55.7 cm³/mol. The van der Waals surface area contributed by atoms with Crippen LogP contribution in [0.15, 0.2) is 0 Å². The molecule has 0 saturated heterocycles. The molecule has 2 N–H and O–H groups in total. The minimum atomic E-state index is -0.252. The van der Waals surface area contributed by atoms with E-state index in [1.165, 1.54) is 0 Å². The fourth-order valence-electron chi connectivity index (χ4n) is 1.97. The third kappa shape index (κ3) is 1.98. The molecule has 2 aliphatic rings. The van der Waals surface area contributed by atoms with Gasteiger partial charge in [0.15, 0.2) is 0 Å². The van der Waals surface area contributed by atoms with Crippen molar-refractivity contribution in [3.8, 4) is 6.07 Å². The molecule has 0 unspecified atom stereocenters. The van der Waals surface area contributed by atoms with Crippen molar-refractivity contribution in [3.05, 3.63) is 0 Å². The van der Waals surface area contributed by atoms with Gasteiger partial charge in [-0.1, -0.05) is 0 Å². The van der Waals surface area contributed by atoms with E-state index in [1.807, 2.05) is 4.90 Å².